The Bertz CT molecular complexity index is 813. The Balaban J connectivity index is 1.52. The third kappa shape index (κ3) is 6.01. The van der Waals surface area contributed by atoms with E-state index in [1.807, 2.05) is 31.2 Å². The van der Waals surface area contributed by atoms with Crippen molar-refractivity contribution >= 4 is 34.6 Å². The highest BCUT2D eigenvalue weighted by molar-refractivity contribution is 7.16. The van der Waals surface area contributed by atoms with Crippen molar-refractivity contribution in [3.63, 3.8) is 0 Å². The first-order valence-corrected chi connectivity index (χ1v) is 11.1. The number of hydrogen-bond donors (Lipinski definition) is 3. The van der Waals surface area contributed by atoms with Crippen LogP contribution in [0.2, 0.25) is 4.34 Å². The Morgan fingerprint density at radius 2 is 2.17 bits per heavy atom. The van der Waals surface area contributed by atoms with Crippen LogP contribution in [0, 0.1) is 5.92 Å². The molecule has 3 rings (SSSR count). The highest BCUT2D eigenvalue weighted by Gasteiger charge is 2.24. The number of halogens is 1. The number of hydrogen-bond acceptors (Lipinski definition) is 5. The van der Waals surface area contributed by atoms with Gasteiger partial charge in [-0.25, -0.2) is 0 Å². The van der Waals surface area contributed by atoms with E-state index < -0.39 is 6.10 Å². The number of aliphatic hydroxyl groups is 1. The van der Waals surface area contributed by atoms with Crippen LogP contribution in [0.4, 0.5) is 5.69 Å². The second-order valence-electron chi connectivity index (χ2n) is 7.03. The molecule has 0 spiro atoms. The highest BCUT2D eigenvalue weighted by Crippen LogP contribution is 2.31. The van der Waals surface area contributed by atoms with Gasteiger partial charge in [-0.15, -0.1) is 11.3 Å². The quantitative estimate of drug-likeness (QED) is 0.436. The van der Waals surface area contributed by atoms with Gasteiger partial charge in [0.1, 0.15) is 11.9 Å². The van der Waals surface area contributed by atoms with E-state index in [0.717, 1.165) is 54.9 Å². The van der Waals surface area contributed by atoms with Gasteiger partial charge in [-0.2, -0.15) is 0 Å². The molecular formula is C21H29ClN4O2S. The van der Waals surface area contributed by atoms with Crippen molar-refractivity contribution in [2.24, 2.45) is 10.9 Å². The third-order valence-corrected chi connectivity index (χ3v) is 6.29. The fourth-order valence-corrected chi connectivity index (χ4v) is 4.51. The summed E-state index contributed by atoms with van der Waals surface area (Å²) in [5.74, 6) is 2.16. The standard InChI is InChI=1S/C21H29ClN4O2S/c1-3-23-21(25-13-17(27)19-8-9-20(22)29-19)24-12-15-10-11-26(14-15)16-6-4-5-7-18(16)28-2/h4-9,15,17,27H,3,10-14H2,1-2H3,(H2,23,24,25). The summed E-state index contributed by atoms with van der Waals surface area (Å²) in [7, 11) is 1.71. The highest BCUT2D eigenvalue weighted by atomic mass is 35.5. The normalized spacial score (nSPS) is 18.0. The van der Waals surface area contributed by atoms with Gasteiger partial charge >= 0.3 is 0 Å². The van der Waals surface area contributed by atoms with Crippen LogP contribution in [0.25, 0.3) is 0 Å². The topological polar surface area (TPSA) is 69.1 Å². The molecule has 1 aliphatic rings. The van der Waals surface area contributed by atoms with Crippen molar-refractivity contribution in [3.8, 4) is 5.75 Å². The molecule has 2 heterocycles. The molecular weight excluding hydrogens is 408 g/mol. The lowest BCUT2D eigenvalue weighted by Gasteiger charge is -2.21. The fraction of sp³-hybridized carbons (Fsp3) is 0.476. The average Bonchev–Trinajstić information content (AvgIpc) is 3.39. The van der Waals surface area contributed by atoms with Gasteiger partial charge in [0.05, 0.1) is 23.7 Å². The number of anilines is 1. The number of nitrogens with one attached hydrogen (secondary N) is 2. The summed E-state index contributed by atoms with van der Waals surface area (Å²) in [6, 6.07) is 11.8. The van der Waals surface area contributed by atoms with Crippen LogP contribution in [0.15, 0.2) is 41.4 Å². The number of rotatable bonds is 8. The molecule has 0 radical (unpaired) electrons. The molecule has 8 heteroatoms. The minimum absolute atomic E-state index is 0.296. The lowest BCUT2D eigenvalue weighted by atomic mass is 10.1. The number of thiophene rings is 1. The van der Waals surface area contributed by atoms with E-state index in [-0.39, 0.29) is 0 Å². The molecule has 158 valence electrons. The number of nitrogens with zero attached hydrogens (tertiary/aromatic N) is 2. The van der Waals surface area contributed by atoms with Gasteiger partial charge in [0, 0.05) is 31.1 Å². The summed E-state index contributed by atoms with van der Waals surface area (Å²) >= 11 is 7.33. The first kappa shape index (κ1) is 21.7. The second-order valence-corrected chi connectivity index (χ2v) is 8.78. The van der Waals surface area contributed by atoms with Gasteiger partial charge in [0.15, 0.2) is 5.96 Å². The molecule has 2 aromatic rings. The zero-order chi connectivity index (χ0) is 20.6. The van der Waals surface area contributed by atoms with Gasteiger partial charge in [0.2, 0.25) is 0 Å². The largest absolute Gasteiger partial charge is 0.495 e. The van der Waals surface area contributed by atoms with Gasteiger partial charge in [-0.1, -0.05) is 23.7 Å². The maximum atomic E-state index is 10.3. The summed E-state index contributed by atoms with van der Waals surface area (Å²) in [6.45, 7) is 5.92. The maximum Gasteiger partial charge on any atom is 0.191 e. The minimum Gasteiger partial charge on any atom is -0.495 e. The van der Waals surface area contributed by atoms with E-state index in [9.17, 15) is 5.11 Å². The van der Waals surface area contributed by atoms with E-state index in [0.29, 0.717) is 16.8 Å². The van der Waals surface area contributed by atoms with Gasteiger partial charge in [-0.3, -0.25) is 4.99 Å². The summed E-state index contributed by atoms with van der Waals surface area (Å²) in [6.07, 6.45) is 0.469. The molecule has 2 atom stereocenters. The molecule has 0 saturated carbocycles. The van der Waals surface area contributed by atoms with E-state index in [1.165, 1.54) is 11.3 Å². The number of guanidine groups is 1. The van der Waals surface area contributed by atoms with Gasteiger partial charge < -0.3 is 25.4 Å². The molecule has 1 aromatic carbocycles. The summed E-state index contributed by atoms with van der Waals surface area (Å²) in [5, 5.41) is 17.0. The molecule has 0 amide bonds. The van der Waals surface area contributed by atoms with Crippen molar-refractivity contribution in [1.29, 1.82) is 0 Å². The van der Waals surface area contributed by atoms with E-state index in [2.05, 4.69) is 26.6 Å². The Labute approximate surface area is 181 Å². The number of ether oxygens (including phenoxy) is 1. The lowest BCUT2D eigenvalue weighted by molar-refractivity contribution is 0.191. The van der Waals surface area contributed by atoms with Crippen molar-refractivity contribution < 1.29 is 9.84 Å². The zero-order valence-electron chi connectivity index (χ0n) is 16.9. The summed E-state index contributed by atoms with van der Waals surface area (Å²) < 4.78 is 6.17. The van der Waals surface area contributed by atoms with Crippen LogP contribution in [0.3, 0.4) is 0 Å². The molecule has 1 saturated heterocycles. The first-order chi connectivity index (χ1) is 14.1. The minimum atomic E-state index is -0.643. The van der Waals surface area contributed by atoms with Crippen molar-refractivity contribution in [2.75, 3.05) is 44.7 Å². The monoisotopic (exact) mass is 436 g/mol. The van der Waals surface area contributed by atoms with Gasteiger partial charge in [0.25, 0.3) is 0 Å². The molecule has 0 aliphatic carbocycles. The van der Waals surface area contributed by atoms with E-state index in [4.69, 9.17) is 16.3 Å². The van der Waals surface area contributed by atoms with Crippen LogP contribution in [-0.2, 0) is 0 Å². The van der Waals surface area contributed by atoms with Crippen LogP contribution in [0.1, 0.15) is 24.3 Å². The molecule has 6 nitrogen and oxygen atoms in total. The third-order valence-electron chi connectivity index (χ3n) is 4.96. The van der Waals surface area contributed by atoms with Crippen LogP contribution >= 0.6 is 22.9 Å². The number of benzene rings is 1. The van der Waals surface area contributed by atoms with Crippen LogP contribution < -0.4 is 20.3 Å². The number of aliphatic hydroxyl groups excluding tert-OH is 1. The van der Waals surface area contributed by atoms with E-state index >= 15 is 0 Å². The summed E-state index contributed by atoms with van der Waals surface area (Å²) in [5.41, 5.74) is 1.15. The Kier molecular flexibility index (Phi) is 8.03. The predicted molar refractivity (Wildman–Crippen MR) is 122 cm³/mol. The van der Waals surface area contributed by atoms with Crippen molar-refractivity contribution in [1.82, 2.24) is 10.6 Å². The smallest absolute Gasteiger partial charge is 0.191 e. The molecule has 0 bridgehead atoms. The molecule has 1 fully saturated rings. The molecule has 3 N–H and O–H groups in total. The van der Waals surface area contributed by atoms with Crippen LogP contribution in [-0.4, -0.2) is 50.9 Å². The van der Waals surface area contributed by atoms with Gasteiger partial charge in [-0.05, 0) is 43.5 Å². The molecule has 29 heavy (non-hydrogen) atoms. The van der Waals surface area contributed by atoms with Crippen LogP contribution in [0.5, 0.6) is 5.75 Å². The second kappa shape index (κ2) is 10.7. The predicted octanol–water partition coefficient (Wildman–Crippen LogP) is 3.53. The number of para-hydroxylation sites is 2. The fourth-order valence-electron chi connectivity index (χ4n) is 3.47. The van der Waals surface area contributed by atoms with Crippen molar-refractivity contribution in [3.05, 3.63) is 45.6 Å². The van der Waals surface area contributed by atoms with Crippen molar-refractivity contribution in [2.45, 2.75) is 19.4 Å². The number of methoxy groups -OCH3 is 1. The Hall–Kier alpha value is -1.96. The summed E-state index contributed by atoms with van der Waals surface area (Å²) in [4.78, 5) is 7.74. The molecule has 2 unspecified atom stereocenters. The Morgan fingerprint density at radius 1 is 1.34 bits per heavy atom. The maximum absolute atomic E-state index is 10.3. The molecule has 1 aromatic heterocycles. The molecule has 1 aliphatic heterocycles. The first-order valence-electron chi connectivity index (χ1n) is 9.94. The average molecular weight is 437 g/mol. The lowest BCUT2D eigenvalue weighted by Crippen LogP contribution is -2.40. The SMILES string of the molecule is CCNC(=NCC(O)c1ccc(Cl)s1)NCC1CCN(c2ccccc2OC)C1. The number of aliphatic imine (C=N–C) groups is 1. The van der Waals surface area contributed by atoms with E-state index in [1.54, 1.807) is 13.2 Å². The Morgan fingerprint density at radius 3 is 2.90 bits per heavy atom. The zero-order valence-corrected chi connectivity index (χ0v) is 18.5.